The van der Waals surface area contributed by atoms with E-state index in [1.54, 1.807) is 0 Å². The number of allylic oxidation sites excluding steroid dienone is 5. The molecule has 0 saturated heterocycles. The summed E-state index contributed by atoms with van der Waals surface area (Å²) in [5, 5.41) is 1.35. The Morgan fingerprint density at radius 3 is 2.53 bits per heavy atom. The van der Waals surface area contributed by atoms with Crippen LogP contribution in [-0.2, 0) is 0 Å². The topological polar surface area (TPSA) is 0 Å². The highest BCUT2D eigenvalue weighted by molar-refractivity contribution is 8.09. The Balaban J connectivity index is 4.45. The van der Waals surface area contributed by atoms with Crippen molar-refractivity contribution < 1.29 is 0 Å². The zero-order valence-electron chi connectivity index (χ0n) is 11.4. The van der Waals surface area contributed by atoms with Crippen LogP contribution in [0.3, 0.4) is 0 Å². The van der Waals surface area contributed by atoms with E-state index in [1.165, 1.54) is 39.4 Å². The molecule has 0 aromatic carbocycles. The van der Waals surface area contributed by atoms with E-state index in [9.17, 15) is 0 Å². The molecule has 3 heteroatoms. The van der Waals surface area contributed by atoms with E-state index in [4.69, 9.17) is 0 Å². The zero-order valence-corrected chi connectivity index (χ0v) is 14.2. The van der Waals surface area contributed by atoms with E-state index in [1.807, 2.05) is 17.8 Å². The molecular weight excluding hydrogens is 262 g/mol. The van der Waals surface area contributed by atoms with Crippen LogP contribution in [-0.4, -0.2) is 11.2 Å². The summed E-state index contributed by atoms with van der Waals surface area (Å²) < 4.78 is 0. The molecule has 1 unspecified atom stereocenters. The molecule has 96 valence electrons. The molecule has 0 aliphatic rings. The summed E-state index contributed by atoms with van der Waals surface area (Å²) >= 11 is 1.83. The fourth-order valence-electron chi connectivity index (χ4n) is 1.12. The molecule has 1 atom stereocenters. The second kappa shape index (κ2) is 10.1. The minimum atomic E-state index is 0.886. The molecule has 0 nitrogen and oxygen atoms in total. The third-order valence-corrected chi connectivity index (χ3v) is 6.14. The molecule has 0 fully saturated rings. The smallest absolute Gasteiger partial charge is 0.0190 e. The summed E-state index contributed by atoms with van der Waals surface area (Å²) in [5.74, 6) is 0. The van der Waals surface area contributed by atoms with Gasteiger partial charge >= 0.3 is 0 Å². The maximum absolute atomic E-state index is 3.81. The molecule has 0 heterocycles. The van der Waals surface area contributed by atoms with E-state index in [0.29, 0.717) is 0 Å². The lowest BCUT2D eigenvalue weighted by molar-refractivity contribution is 0.896. The maximum Gasteiger partial charge on any atom is 0.0190 e. The van der Waals surface area contributed by atoms with Crippen LogP contribution in [0.2, 0.25) is 0 Å². The van der Waals surface area contributed by atoms with Gasteiger partial charge in [0.1, 0.15) is 0 Å². The summed E-state index contributed by atoms with van der Waals surface area (Å²) in [4.78, 5) is 2.67. The molecule has 0 aromatic heterocycles. The van der Waals surface area contributed by atoms with Crippen LogP contribution >= 0.6 is 29.2 Å². The normalized spacial score (nSPS) is 14.0. The van der Waals surface area contributed by atoms with Gasteiger partial charge in [0, 0.05) is 9.94 Å². The van der Waals surface area contributed by atoms with Crippen LogP contribution in [0.25, 0.3) is 0 Å². The monoisotopic (exact) mass is 286 g/mol. The molecule has 0 amide bonds. The van der Waals surface area contributed by atoms with Crippen molar-refractivity contribution in [3.05, 3.63) is 34.1 Å². The summed E-state index contributed by atoms with van der Waals surface area (Å²) in [6, 6.07) is 0. The second-order valence-electron chi connectivity index (χ2n) is 3.85. The second-order valence-corrected chi connectivity index (χ2v) is 7.46. The van der Waals surface area contributed by atoms with Gasteiger partial charge in [0.15, 0.2) is 0 Å². The first kappa shape index (κ1) is 17.2. The van der Waals surface area contributed by atoms with Gasteiger partial charge in [-0.3, -0.25) is 0 Å². The van der Waals surface area contributed by atoms with Crippen molar-refractivity contribution in [3.63, 3.8) is 0 Å². The largest absolute Gasteiger partial charge is 0.113 e. The molecule has 0 aromatic rings. The molecule has 0 radical (unpaired) electrons. The van der Waals surface area contributed by atoms with Crippen molar-refractivity contribution in [3.8, 4) is 0 Å². The fourth-order valence-corrected chi connectivity index (χ4v) is 4.06. The summed E-state index contributed by atoms with van der Waals surface area (Å²) in [5.41, 5.74) is 1.26. The lowest BCUT2D eigenvalue weighted by Crippen LogP contribution is -1.91. The maximum atomic E-state index is 3.81. The SMILES string of the molecule is C=C/C(C)=C(\C)S/C(=C/C)C(=P)PCCCC. The zero-order chi connectivity index (χ0) is 13.3. The molecule has 0 spiro atoms. The molecule has 0 N–H and O–H groups in total. The minimum Gasteiger partial charge on any atom is -0.113 e. The molecule has 0 aliphatic heterocycles. The summed E-state index contributed by atoms with van der Waals surface area (Å²) in [7, 11) is 4.67. The van der Waals surface area contributed by atoms with Crippen LogP contribution in [0.1, 0.15) is 40.5 Å². The molecule has 0 rings (SSSR count). The Kier molecular flexibility index (Phi) is 10.2. The molecular formula is C14H24P2S. The lowest BCUT2D eigenvalue weighted by Gasteiger charge is -2.11. The Labute approximate surface area is 115 Å². The Bertz CT molecular complexity index is 327. The Hall–Kier alpha value is 0.170. The highest BCUT2D eigenvalue weighted by Gasteiger charge is 2.05. The van der Waals surface area contributed by atoms with Gasteiger partial charge in [-0.1, -0.05) is 52.4 Å². The molecule has 0 saturated carbocycles. The van der Waals surface area contributed by atoms with Gasteiger partial charge in [0.2, 0.25) is 0 Å². The van der Waals surface area contributed by atoms with Crippen LogP contribution in [0.5, 0.6) is 0 Å². The number of unbranched alkanes of at least 4 members (excludes halogenated alkanes) is 1. The quantitative estimate of drug-likeness (QED) is 0.306. The van der Waals surface area contributed by atoms with Gasteiger partial charge in [-0.15, -0.1) is 8.86 Å². The standard InChI is InChI=1S/C14H24P2S/c1-6-9-10-16-14(15)13(8-3)17-12(5)11(4)7-2/h7-8,15-16H,2,6,9-10H2,1,3-5H3/b12-11+,13-8+. The van der Waals surface area contributed by atoms with Gasteiger partial charge in [0.05, 0.1) is 0 Å². The highest BCUT2D eigenvalue weighted by Crippen LogP contribution is 2.35. The van der Waals surface area contributed by atoms with Crippen LogP contribution in [0, 0.1) is 0 Å². The Morgan fingerprint density at radius 1 is 1.41 bits per heavy atom. The minimum absolute atomic E-state index is 0.886. The average molecular weight is 286 g/mol. The van der Waals surface area contributed by atoms with E-state index >= 15 is 0 Å². The number of rotatable bonds is 8. The van der Waals surface area contributed by atoms with Crippen molar-refractivity contribution >= 4 is 34.2 Å². The van der Waals surface area contributed by atoms with E-state index in [-0.39, 0.29) is 0 Å². The van der Waals surface area contributed by atoms with Crippen LogP contribution in [0.4, 0.5) is 0 Å². The van der Waals surface area contributed by atoms with Crippen molar-refractivity contribution in [1.82, 2.24) is 0 Å². The molecule has 0 aliphatic carbocycles. The van der Waals surface area contributed by atoms with Gasteiger partial charge < -0.3 is 0 Å². The summed E-state index contributed by atoms with van der Waals surface area (Å²) in [6.45, 7) is 12.4. The van der Waals surface area contributed by atoms with Crippen LogP contribution in [0.15, 0.2) is 34.1 Å². The van der Waals surface area contributed by atoms with Crippen molar-refractivity contribution in [2.75, 3.05) is 6.16 Å². The first-order valence-electron chi connectivity index (χ1n) is 6.03. The van der Waals surface area contributed by atoms with Gasteiger partial charge in [0.25, 0.3) is 0 Å². The van der Waals surface area contributed by atoms with E-state index in [0.717, 1.165) is 8.58 Å². The van der Waals surface area contributed by atoms with Gasteiger partial charge in [-0.05, 0) is 43.8 Å². The molecule has 17 heavy (non-hydrogen) atoms. The van der Waals surface area contributed by atoms with Crippen molar-refractivity contribution in [2.24, 2.45) is 0 Å². The third kappa shape index (κ3) is 7.24. The van der Waals surface area contributed by atoms with Crippen LogP contribution < -0.4 is 0 Å². The predicted molar refractivity (Wildman–Crippen MR) is 91.3 cm³/mol. The number of hydrogen-bond acceptors (Lipinski definition) is 1. The average Bonchev–Trinajstić information content (AvgIpc) is 2.34. The number of hydrogen-bond donors (Lipinski definition) is 0. The van der Waals surface area contributed by atoms with E-state index < -0.39 is 0 Å². The Morgan fingerprint density at radius 2 is 2.06 bits per heavy atom. The highest BCUT2D eigenvalue weighted by atomic mass is 32.2. The first-order valence-corrected chi connectivity index (χ1v) is 8.56. The van der Waals surface area contributed by atoms with Crippen molar-refractivity contribution in [2.45, 2.75) is 40.5 Å². The first-order chi connectivity index (χ1) is 8.06. The summed E-state index contributed by atoms with van der Waals surface area (Å²) in [6.07, 6.45) is 7.98. The lowest BCUT2D eigenvalue weighted by atomic mass is 10.3. The predicted octanol–water partition coefficient (Wildman–Crippen LogP) is 5.85. The van der Waals surface area contributed by atoms with E-state index in [2.05, 4.69) is 49.2 Å². The number of thioether (sulfide) groups is 1. The molecule has 0 bridgehead atoms. The third-order valence-electron chi connectivity index (χ3n) is 2.47. The van der Waals surface area contributed by atoms with Crippen molar-refractivity contribution in [1.29, 1.82) is 0 Å². The van der Waals surface area contributed by atoms with Gasteiger partial charge in [-0.25, -0.2) is 0 Å². The van der Waals surface area contributed by atoms with Gasteiger partial charge in [-0.2, -0.15) is 0 Å². The fraction of sp³-hybridized carbons (Fsp3) is 0.500.